The SMILES string of the molecule is COc1ccc(Br)cc1C(=O)NNC(=O)c1ccc(OCC(C)C)cc1. The van der Waals surface area contributed by atoms with Gasteiger partial charge in [-0.05, 0) is 48.4 Å². The van der Waals surface area contributed by atoms with E-state index < -0.39 is 11.8 Å². The average molecular weight is 421 g/mol. The van der Waals surface area contributed by atoms with Crippen LogP contribution in [0.3, 0.4) is 0 Å². The van der Waals surface area contributed by atoms with Crippen molar-refractivity contribution in [2.75, 3.05) is 13.7 Å². The van der Waals surface area contributed by atoms with Crippen LogP contribution < -0.4 is 20.3 Å². The molecule has 2 aromatic carbocycles. The lowest BCUT2D eigenvalue weighted by Crippen LogP contribution is -2.41. The summed E-state index contributed by atoms with van der Waals surface area (Å²) in [4.78, 5) is 24.4. The number of hydrogen-bond donors (Lipinski definition) is 2. The van der Waals surface area contributed by atoms with Crippen molar-refractivity contribution >= 4 is 27.7 Å². The molecule has 0 aliphatic carbocycles. The van der Waals surface area contributed by atoms with E-state index in [1.165, 1.54) is 7.11 Å². The molecular formula is C19H21BrN2O4. The molecule has 0 unspecified atom stereocenters. The Labute approximate surface area is 161 Å². The Morgan fingerprint density at radius 3 is 2.31 bits per heavy atom. The van der Waals surface area contributed by atoms with E-state index in [1.807, 2.05) is 0 Å². The molecule has 0 aliphatic heterocycles. The minimum atomic E-state index is -0.478. The van der Waals surface area contributed by atoms with E-state index in [0.29, 0.717) is 35.2 Å². The lowest BCUT2D eigenvalue weighted by atomic mass is 10.2. The number of carbonyl (C=O) groups is 2. The first-order valence-electron chi connectivity index (χ1n) is 8.07. The predicted octanol–water partition coefficient (Wildman–Crippen LogP) is 3.57. The van der Waals surface area contributed by atoms with Crippen LogP contribution in [0.2, 0.25) is 0 Å². The van der Waals surface area contributed by atoms with Crippen LogP contribution in [0.5, 0.6) is 11.5 Å². The van der Waals surface area contributed by atoms with Crippen LogP contribution in [-0.2, 0) is 0 Å². The number of rotatable bonds is 6. The smallest absolute Gasteiger partial charge is 0.273 e. The molecule has 0 saturated heterocycles. The van der Waals surface area contributed by atoms with E-state index in [0.717, 1.165) is 4.47 Å². The highest BCUT2D eigenvalue weighted by Crippen LogP contribution is 2.22. The van der Waals surface area contributed by atoms with Crippen molar-refractivity contribution in [2.45, 2.75) is 13.8 Å². The highest BCUT2D eigenvalue weighted by atomic mass is 79.9. The molecular weight excluding hydrogens is 400 g/mol. The number of hydrazine groups is 1. The second-order valence-electron chi connectivity index (χ2n) is 5.98. The van der Waals surface area contributed by atoms with Crippen LogP contribution in [0, 0.1) is 5.92 Å². The summed E-state index contributed by atoms with van der Waals surface area (Å²) in [7, 11) is 1.47. The Hall–Kier alpha value is -2.54. The zero-order valence-electron chi connectivity index (χ0n) is 14.8. The Kier molecular flexibility index (Phi) is 7.03. The van der Waals surface area contributed by atoms with Crippen LogP contribution in [0.15, 0.2) is 46.9 Å². The second-order valence-corrected chi connectivity index (χ2v) is 6.90. The number of amides is 2. The molecule has 0 heterocycles. The molecule has 0 spiro atoms. The van der Waals surface area contributed by atoms with Gasteiger partial charge in [0.15, 0.2) is 0 Å². The number of methoxy groups -OCH3 is 1. The van der Waals surface area contributed by atoms with Crippen molar-refractivity contribution in [1.82, 2.24) is 10.9 Å². The summed E-state index contributed by atoms with van der Waals surface area (Å²) in [5.74, 6) is 0.615. The van der Waals surface area contributed by atoms with Crippen molar-refractivity contribution in [3.8, 4) is 11.5 Å². The Balaban J connectivity index is 1.96. The minimum absolute atomic E-state index is 0.305. The molecule has 26 heavy (non-hydrogen) atoms. The summed E-state index contributed by atoms with van der Waals surface area (Å²) < 4.78 is 11.5. The molecule has 2 rings (SSSR count). The molecule has 0 radical (unpaired) electrons. The fourth-order valence-corrected chi connectivity index (χ4v) is 2.44. The molecule has 7 heteroatoms. The van der Waals surface area contributed by atoms with Gasteiger partial charge in [-0.1, -0.05) is 29.8 Å². The first kappa shape index (κ1) is 19.8. The quantitative estimate of drug-likeness (QED) is 0.700. The number of ether oxygens (including phenoxy) is 2. The maximum atomic E-state index is 12.3. The van der Waals surface area contributed by atoms with Gasteiger partial charge in [0.05, 0.1) is 19.3 Å². The lowest BCUT2D eigenvalue weighted by Gasteiger charge is -2.11. The fraction of sp³-hybridized carbons (Fsp3) is 0.263. The van der Waals surface area contributed by atoms with E-state index in [-0.39, 0.29) is 0 Å². The maximum absolute atomic E-state index is 12.3. The Morgan fingerprint density at radius 1 is 1.04 bits per heavy atom. The van der Waals surface area contributed by atoms with Gasteiger partial charge in [-0.2, -0.15) is 0 Å². The van der Waals surface area contributed by atoms with Gasteiger partial charge in [-0.15, -0.1) is 0 Å². The monoisotopic (exact) mass is 420 g/mol. The van der Waals surface area contributed by atoms with Gasteiger partial charge in [0.2, 0.25) is 0 Å². The molecule has 0 atom stereocenters. The molecule has 2 aromatic rings. The zero-order chi connectivity index (χ0) is 19.1. The first-order chi connectivity index (χ1) is 12.4. The summed E-state index contributed by atoms with van der Waals surface area (Å²) in [5, 5.41) is 0. The number of halogens is 1. The van der Waals surface area contributed by atoms with Crippen LogP contribution in [0.1, 0.15) is 34.6 Å². The third-order valence-electron chi connectivity index (χ3n) is 3.40. The van der Waals surface area contributed by atoms with Crippen molar-refractivity contribution < 1.29 is 19.1 Å². The van der Waals surface area contributed by atoms with Crippen LogP contribution in [-0.4, -0.2) is 25.5 Å². The molecule has 0 saturated carbocycles. The Morgan fingerprint density at radius 2 is 1.69 bits per heavy atom. The third kappa shape index (κ3) is 5.49. The zero-order valence-corrected chi connectivity index (χ0v) is 16.4. The summed E-state index contributed by atoms with van der Waals surface area (Å²) in [6.45, 7) is 4.73. The van der Waals surface area contributed by atoms with Crippen molar-refractivity contribution in [3.05, 3.63) is 58.1 Å². The predicted molar refractivity (Wildman–Crippen MR) is 102 cm³/mol. The minimum Gasteiger partial charge on any atom is -0.496 e. The summed E-state index contributed by atoms with van der Waals surface area (Å²) in [6.07, 6.45) is 0. The molecule has 0 bridgehead atoms. The van der Waals surface area contributed by atoms with E-state index in [9.17, 15) is 9.59 Å². The number of benzene rings is 2. The Bertz CT molecular complexity index is 776. The van der Waals surface area contributed by atoms with Gasteiger partial charge in [0, 0.05) is 10.0 Å². The molecule has 138 valence electrons. The van der Waals surface area contributed by atoms with Gasteiger partial charge in [0.1, 0.15) is 11.5 Å². The second kappa shape index (κ2) is 9.24. The molecule has 2 amide bonds. The first-order valence-corrected chi connectivity index (χ1v) is 8.87. The van der Waals surface area contributed by atoms with E-state index in [1.54, 1.807) is 42.5 Å². The van der Waals surface area contributed by atoms with Gasteiger partial charge in [-0.25, -0.2) is 0 Å². The summed E-state index contributed by atoms with van der Waals surface area (Å²) in [6, 6.07) is 11.7. The molecule has 0 fully saturated rings. The number of carbonyl (C=O) groups excluding carboxylic acids is 2. The van der Waals surface area contributed by atoms with Crippen LogP contribution >= 0.6 is 15.9 Å². The highest BCUT2D eigenvalue weighted by molar-refractivity contribution is 9.10. The van der Waals surface area contributed by atoms with Crippen molar-refractivity contribution in [1.29, 1.82) is 0 Å². The molecule has 0 aliphatic rings. The van der Waals surface area contributed by atoms with Gasteiger partial charge in [0.25, 0.3) is 11.8 Å². The topological polar surface area (TPSA) is 76.7 Å². The van der Waals surface area contributed by atoms with Crippen molar-refractivity contribution in [3.63, 3.8) is 0 Å². The van der Waals surface area contributed by atoms with Crippen LogP contribution in [0.25, 0.3) is 0 Å². The molecule has 2 N–H and O–H groups in total. The maximum Gasteiger partial charge on any atom is 0.273 e. The molecule has 0 aromatic heterocycles. The summed E-state index contributed by atoms with van der Waals surface area (Å²) >= 11 is 3.30. The largest absolute Gasteiger partial charge is 0.496 e. The fourth-order valence-electron chi connectivity index (χ4n) is 2.08. The normalized spacial score (nSPS) is 10.3. The summed E-state index contributed by atoms with van der Waals surface area (Å²) in [5.41, 5.74) is 5.48. The average Bonchev–Trinajstić information content (AvgIpc) is 2.64. The van der Waals surface area contributed by atoms with E-state index in [2.05, 4.69) is 40.6 Å². The standard InChI is InChI=1S/C19H21BrN2O4/c1-12(2)11-26-15-7-4-13(5-8-15)18(23)21-22-19(24)16-10-14(20)6-9-17(16)25-3/h4-10,12H,11H2,1-3H3,(H,21,23)(H,22,24). The lowest BCUT2D eigenvalue weighted by molar-refractivity contribution is 0.0845. The van der Waals surface area contributed by atoms with Gasteiger partial charge < -0.3 is 9.47 Å². The van der Waals surface area contributed by atoms with Gasteiger partial charge in [-0.3, -0.25) is 20.4 Å². The third-order valence-corrected chi connectivity index (χ3v) is 3.89. The number of nitrogens with one attached hydrogen (secondary N) is 2. The van der Waals surface area contributed by atoms with E-state index in [4.69, 9.17) is 9.47 Å². The number of hydrogen-bond acceptors (Lipinski definition) is 4. The van der Waals surface area contributed by atoms with Gasteiger partial charge >= 0.3 is 0 Å². The van der Waals surface area contributed by atoms with Crippen LogP contribution in [0.4, 0.5) is 0 Å². The van der Waals surface area contributed by atoms with E-state index >= 15 is 0 Å². The highest BCUT2D eigenvalue weighted by Gasteiger charge is 2.14. The van der Waals surface area contributed by atoms with Crippen molar-refractivity contribution in [2.24, 2.45) is 5.92 Å². The molecule has 6 nitrogen and oxygen atoms in total.